The number of hydrogen-bond acceptors (Lipinski definition) is 10. The van der Waals surface area contributed by atoms with Gasteiger partial charge in [-0.3, -0.25) is 9.47 Å². The summed E-state index contributed by atoms with van der Waals surface area (Å²) in [5, 5.41) is 20.0. The van der Waals surface area contributed by atoms with E-state index in [1.807, 2.05) is 32.3 Å². The summed E-state index contributed by atoms with van der Waals surface area (Å²) >= 11 is 6.29. The van der Waals surface area contributed by atoms with Crippen LogP contribution in [0.25, 0.3) is 5.69 Å². The second-order valence-corrected chi connectivity index (χ2v) is 15.9. The van der Waals surface area contributed by atoms with Gasteiger partial charge >= 0.3 is 6.09 Å². The van der Waals surface area contributed by atoms with Crippen LogP contribution in [0, 0.1) is 30.0 Å². The number of hydrogen-bond donors (Lipinski definition) is 1. The van der Waals surface area contributed by atoms with Gasteiger partial charge in [0.2, 0.25) is 5.28 Å². The standard InChI is InChI=1S/C34H45ClFN9O3/c1-19(2)27(22-13-24(14-22)37-32(46)48-33(4,5)6)44-17-34(18-44)11-12-43(16-34)29-30(41-42-31(35)38-29)47-26-10-9-23(36)15-25(26)45-20(3)39-40-28(45)21-7-8-21/h9-10,15,19,21-22,24,27H,7-8,11-14,16-18H2,1-6H3,(H,37,46)/t22?,24?,27-/m1/s1. The molecule has 7 rings (SSSR count). The van der Waals surface area contributed by atoms with E-state index in [0.717, 1.165) is 64.1 Å². The van der Waals surface area contributed by atoms with E-state index >= 15 is 0 Å². The van der Waals surface area contributed by atoms with Crippen LogP contribution in [0.5, 0.6) is 11.6 Å². The van der Waals surface area contributed by atoms with Crippen LogP contribution in [0.1, 0.15) is 84.3 Å². The van der Waals surface area contributed by atoms with Gasteiger partial charge in [0.15, 0.2) is 11.6 Å². The summed E-state index contributed by atoms with van der Waals surface area (Å²) in [5.74, 6) is 3.55. The third-order valence-electron chi connectivity index (χ3n) is 10.1. The third kappa shape index (κ3) is 6.67. The number of aromatic nitrogens is 6. The molecule has 0 unspecified atom stereocenters. The molecule has 2 aliphatic heterocycles. The highest BCUT2D eigenvalue weighted by molar-refractivity contribution is 6.28. The molecule has 0 radical (unpaired) electrons. The maximum absolute atomic E-state index is 14.6. The summed E-state index contributed by atoms with van der Waals surface area (Å²) < 4.78 is 28.3. The SMILES string of the molecule is Cc1nnc(C2CC2)n1-c1cc(F)ccc1Oc1nnc(Cl)nc1N1CCC2(C1)CN([C@H](C(C)C)C1CC(NC(=O)OC(C)(C)C)C1)C2. The predicted octanol–water partition coefficient (Wildman–Crippen LogP) is 6.06. The van der Waals surface area contributed by atoms with Gasteiger partial charge in [-0.2, -0.15) is 4.98 Å². The molecule has 2 aliphatic carbocycles. The van der Waals surface area contributed by atoms with Crippen molar-refractivity contribution in [2.75, 3.05) is 31.1 Å². The van der Waals surface area contributed by atoms with Crippen molar-refractivity contribution in [1.29, 1.82) is 0 Å². The van der Waals surface area contributed by atoms with Crippen molar-refractivity contribution < 1.29 is 18.7 Å². The highest BCUT2D eigenvalue weighted by Gasteiger charge is 2.53. The van der Waals surface area contributed by atoms with Crippen molar-refractivity contribution in [2.45, 2.75) is 97.2 Å². The Labute approximate surface area is 285 Å². The number of benzene rings is 1. The average Bonchev–Trinajstić information content (AvgIpc) is 3.59. The van der Waals surface area contributed by atoms with E-state index in [0.29, 0.717) is 46.9 Å². The lowest BCUT2D eigenvalue weighted by Crippen LogP contribution is -2.65. The Morgan fingerprint density at radius 1 is 1.10 bits per heavy atom. The maximum atomic E-state index is 14.6. The molecule has 1 amide bonds. The summed E-state index contributed by atoms with van der Waals surface area (Å²) in [6.07, 6.45) is 4.65. The lowest BCUT2D eigenvalue weighted by molar-refractivity contribution is -0.0691. The molecule has 2 aromatic heterocycles. The summed E-state index contributed by atoms with van der Waals surface area (Å²) in [4.78, 5) is 21.7. The minimum absolute atomic E-state index is 0.0398. The molecule has 3 aromatic rings. The van der Waals surface area contributed by atoms with Crippen LogP contribution < -0.4 is 15.0 Å². The average molecular weight is 682 g/mol. The fourth-order valence-corrected chi connectivity index (χ4v) is 8.01. The van der Waals surface area contributed by atoms with Gasteiger partial charge in [0, 0.05) is 55.7 Å². The number of carbonyl (C=O) groups excluding carboxylic acids is 1. The van der Waals surface area contributed by atoms with Gasteiger partial charge in [-0.25, -0.2) is 9.18 Å². The quantitative estimate of drug-likeness (QED) is 0.285. The number of aryl methyl sites for hydroxylation is 1. The first-order valence-electron chi connectivity index (χ1n) is 17.1. The van der Waals surface area contributed by atoms with Crippen molar-refractivity contribution in [1.82, 2.24) is 40.2 Å². The van der Waals surface area contributed by atoms with Gasteiger partial charge in [-0.1, -0.05) is 13.8 Å². The first kappa shape index (κ1) is 32.9. The molecule has 1 N–H and O–H groups in total. The van der Waals surface area contributed by atoms with Crippen molar-refractivity contribution in [3.63, 3.8) is 0 Å². The van der Waals surface area contributed by atoms with Crippen molar-refractivity contribution in [2.24, 2.45) is 17.3 Å². The van der Waals surface area contributed by atoms with Gasteiger partial charge in [-0.15, -0.1) is 20.4 Å². The number of rotatable bonds is 9. The molecular weight excluding hydrogens is 637 g/mol. The topological polar surface area (TPSA) is 123 Å². The first-order valence-corrected chi connectivity index (χ1v) is 17.4. The summed E-state index contributed by atoms with van der Waals surface area (Å²) in [6.45, 7) is 15.6. The number of nitrogens with zero attached hydrogens (tertiary/aromatic N) is 8. The van der Waals surface area contributed by atoms with Crippen molar-refractivity contribution >= 4 is 23.5 Å². The Balaban J connectivity index is 1.03. The molecule has 14 heteroatoms. The van der Waals surface area contributed by atoms with Crippen LogP contribution in [0.2, 0.25) is 5.28 Å². The Hall–Kier alpha value is -3.58. The van der Waals surface area contributed by atoms with E-state index < -0.39 is 5.60 Å². The van der Waals surface area contributed by atoms with Crippen LogP contribution in [0.4, 0.5) is 15.0 Å². The maximum Gasteiger partial charge on any atom is 0.407 e. The molecular formula is C34H45ClFN9O3. The zero-order valence-corrected chi connectivity index (χ0v) is 29.3. The monoisotopic (exact) mass is 681 g/mol. The number of halogens is 2. The van der Waals surface area contributed by atoms with Crippen LogP contribution in [-0.2, 0) is 4.74 Å². The van der Waals surface area contributed by atoms with E-state index in [1.165, 1.54) is 12.1 Å². The Bertz CT molecular complexity index is 1680. The second-order valence-electron chi connectivity index (χ2n) is 15.5. The van der Waals surface area contributed by atoms with Crippen molar-refractivity contribution in [3.8, 4) is 17.3 Å². The van der Waals surface area contributed by atoms with Crippen LogP contribution >= 0.6 is 11.6 Å². The second kappa shape index (κ2) is 12.4. The molecule has 48 heavy (non-hydrogen) atoms. The first-order chi connectivity index (χ1) is 22.8. The van der Waals surface area contributed by atoms with Crippen LogP contribution in [0.15, 0.2) is 18.2 Å². The number of amides is 1. The lowest BCUT2D eigenvalue weighted by atomic mass is 9.68. The highest BCUT2D eigenvalue weighted by Crippen LogP contribution is 2.48. The number of carbonyl (C=O) groups is 1. The number of alkyl carbamates (subject to hydrolysis) is 1. The lowest BCUT2D eigenvalue weighted by Gasteiger charge is -2.56. The molecule has 4 aliphatic rings. The predicted molar refractivity (Wildman–Crippen MR) is 178 cm³/mol. The molecule has 4 fully saturated rings. The fraction of sp³-hybridized carbons (Fsp3) is 0.647. The van der Waals surface area contributed by atoms with Gasteiger partial charge in [0.05, 0.1) is 5.69 Å². The largest absolute Gasteiger partial charge is 0.444 e. The summed E-state index contributed by atoms with van der Waals surface area (Å²) in [5.41, 5.74) is 0.129. The zero-order chi connectivity index (χ0) is 34.0. The zero-order valence-electron chi connectivity index (χ0n) is 28.5. The summed E-state index contributed by atoms with van der Waals surface area (Å²) in [7, 11) is 0. The molecule has 4 heterocycles. The third-order valence-corrected chi connectivity index (χ3v) is 10.2. The molecule has 258 valence electrons. The fourth-order valence-electron chi connectivity index (χ4n) is 7.90. The number of ether oxygens (including phenoxy) is 2. The smallest absolute Gasteiger partial charge is 0.407 e. The van der Waals surface area contributed by atoms with E-state index in [1.54, 1.807) is 6.07 Å². The Morgan fingerprint density at radius 2 is 1.85 bits per heavy atom. The number of anilines is 1. The molecule has 1 spiro atoms. The minimum atomic E-state index is -0.504. The van der Waals surface area contributed by atoms with Crippen molar-refractivity contribution in [3.05, 3.63) is 40.9 Å². The van der Waals surface area contributed by atoms with Gasteiger partial charge in [0.25, 0.3) is 5.88 Å². The number of nitrogens with one attached hydrogen (secondary N) is 1. The van der Waals surface area contributed by atoms with Gasteiger partial charge in [0.1, 0.15) is 23.1 Å². The van der Waals surface area contributed by atoms with Crippen LogP contribution in [-0.4, -0.2) is 84.8 Å². The van der Waals surface area contributed by atoms with Gasteiger partial charge < -0.3 is 19.7 Å². The Kier molecular flexibility index (Phi) is 8.50. The van der Waals surface area contributed by atoms with E-state index in [2.05, 4.69) is 54.3 Å². The molecule has 1 atom stereocenters. The molecule has 1 aromatic carbocycles. The number of likely N-dealkylation sites (tertiary alicyclic amines) is 1. The van der Waals surface area contributed by atoms with Gasteiger partial charge in [-0.05, 0) is 95.4 Å². The molecule has 12 nitrogen and oxygen atoms in total. The molecule has 2 saturated heterocycles. The molecule has 0 bridgehead atoms. The Morgan fingerprint density at radius 3 is 2.54 bits per heavy atom. The van der Waals surface area contributed by atoms with E-state index in [-0.39, 0.29) is 34.5 Å². The summed E-state index contributed by atoms with van der Waals surface area (Å²) in [6, 6.07) is 5.01. The van der Waals surface area contributed by atoms with E-state index in [9.17, 15) is 9.18 Å². The minimum Gasteiger partial charge on any atom is -0.444 e. The highest BCUT2D eigenvalue weighted by atomic mass is 35.5. The molecule has 2 saturated carbocycles. The van der Waals surface area contributed by atoms with Crippen LogP contribution in [0.3, 0.4) is 0 Å². The normalized spacial score (nSPS) is 22.8. The van der Waals surface area contributed by atoms with E-state index in [4.69, 9.17) is 21.1 Å².